The first-order chi connectivity index (χ1) is 48.3. The predicted octanol–water partition coefficient (Wildman–Crippen LogP) is 20.0. The van der Waals surface area contributed by atoms with Gasteiger partial charge < -0.3 is 19.2 Å². The summed E-state index contributed by atoms with van der Waals surface area (Å²) in [6.07, 6.45) is 0. The molecule has 0 saturated carbocycles. The summed E-state index contributed by atoms with van der Waals surface area (Å²) in [7, 11) is -1.60. The Morgan fingerprint density at radius 3 is 1.01 bits per heavy atom. The molecule has 0 amide bonds. The molecule has 0 spiro atoms. The van der Waals surface area contributed by atoms with Crippen molar-refractivity contribution in [2.75, 3.05) is 0 Å². The van der Waals surface area contributed by atoms with Crippen molar-refractivity contribution in [2.24, 2.45) is 0 Å². The second-order valence-electron chi connectivity index (χ2n) is 23.8. The van der Waals surface area contributed by atoms with E-state index in [0.717, 1.165) is 65.3 Å². The van der Waals surface area contributed by atoms with Crippen LogP contribution in [0.3, 0.4) is 0 Å². The first-order valence-corrected chi connectivity index (χ1v) is 33.1. The van der Waals surface area contributed by atoms with Crippen LogP contribution in [0.1, 0.15) is 0 Å². The predicted molar refractivity (Wildman–Crippen MR) is 405 cm³/mol. The summed E-state index contributed by atoms with van der Waals surface area (Å²) in [6, 6.07) is 116. The lowest BCUT2D eigenvalue weighted by molar-refractivity contribution is 0.426. The molecule has 0 fully saturated rings. The minimum atomic E-state index is -1.60. The van der Waals surface area contributed by atoms with Crippen molar-refractivity contribution in [3.8, 4) is 90.8 Å². The van der Waals surface area contributed by atoms with E-state index in [-0.39, 0.29) is 0 Å². The molecular formula is C86H58BBrN8O2. The number of nitrogens with zero attached hydrogens (tertiary/aromatic N) is 8. The van der Waals surface area contributed by atoms with Crippen LogP contribution in [-0.2, 0) is 0 Å². The Morgan fingerprint density at radius 1 is 0.245 bits per heavy atom. The number of para-hydroxylation sites is 4. The summed E-state index contributed by atoms with van der Waals surface area (Å²) in [5, 5.41) is 28.9. The third-order valence-corrected chi connectivity index (χ3v) is 18.1. The highest BCUT2D eigenvalue weighted by Crippen LogP contribution is 2.40. The van der Waals surface area contributed by atoms with Crippen LogP contribution in [0.25, 0.3) is 156 Å². The van der Waals surface area contributed by atoms with Gasteiger partial charge in [-0.05, 0) is 123 Å². The second-order valence-corrected chi connectivity index (χ2v) is 24.7. The van der Waals surface area contributed by atoms with E-state index >= 15 is 0 Å². The van der Waals surface area contributed by atoms with Crippen molar-refractivity contribution in [1.29, 1.82) is 0 Å². The van der Waals surface area contributed by atoms with Gasteiger partial charge in [0.1, 0.15) is 0 Å². The average Bonchev–Trinajstić information content (AvgIpc) is 1.59. The van der Waals surface area contributed by atoms with Crippen molar-refractivity contribution in [3.63, 3.8) is 0 Å². The number of hydrogen-bond donors (Lipinski definition) is 2. The van der Waals surface area contributed by atoms with Gasteiger partial charge in [0.15, 0.2) is 34.9 Å². The van der Waals surface area contributed by atoms with Gasteiger partial charge in [-0.15, -0.1) is 0 Å². The standard InChI is InChI=1S/C43H28N4.C25H18BN3O2.C18H12BrN/c1-4-14-29(15-5-1)41-44-42(30-16-6-2-7-17-30)46-43(45-41)33-26-31-18-10-11-21-35(31)37(28-33)32-24-25-40-38(27-32)36-22-12-13-23-39(36)47(40)34-19-8-3-9-20-34;30-26(31)22-16-20(15-19-13-7-8-14-21(19)22)25-28-23(17-9-3-1-4-10-17)27-24(29-25)18-11-5-2-6-12-18;19-13-10-11-18-16(12-13)15-8-4-5-9-17(15)20(18)14-6-2-1-3-7-14/h1-28H;1-16,30-31H;1-12H. The van der Waals surface area contributed by atoms with Crippen LogP contribution >= 0.6 is 15.9 Å². The van der Waals surface area contributed by atoms with Gasteiger partial charge in [0.05, 0.1) is 22.1 Å². The zero-order valence-corrected chi connectivity index (χ0v) is 54.3. The molecule has 0 aliphatic rings. The van der Waals surface area contributed by atoms with Gasteiger partial charge in [-0.2, -0.15) is 0 Å². The van der Waals surface area contributed by atoms with Gasteiger partial charge in [0, 0.05) is 70.8 Å². The number of rotatable bonds is 10. The molecule has 0 aliphatic heterocycles. The Kier molecular flexibility index (Phi) is 16.6. The van der Waals surface area contributed by atoms with E-state index in [1.165, 1.54) is 54.7 Å². The average molecular weight is 1330 g/mol. The van der Waals surface area contributed by atoms with Crippen molar-refractivity contribution >= 4 is 93.7 Å². The molecule has 98 heavy (non-hydrogen) atoms. The Labute approximate surface area is 574 Å². The number of halogens is 1. The second kappa shape index (κ2) is 26.8. The lowest BCUT2D eigenvalue weighted by Crippen LogP contribution is -2.30. The Hall–Kier alpha value is -12.3. The minimum Gasteiger partial charge on any atom is -0.423 e. The number of fused-ring (bicyclic) bond motifs is 8. The Balaban J connectivity index is 0.000000126. The molecule has 0 bridgehead atoms. The molecule has 0 saturated heterocycles. The molecule has 4 aromatic heterocycles. The third-order valence-electron chi connectivity index (χ3n) is 17.6. The highest BCUT2D eigenvalue weighted by molar-refractivity contribution is 9.10. The van der Waals surface area contributed by atoms with Gasteiger partial charge in [-0.1, -0.05) is 271 Å². The van der Waals surface area contributed by atoms with Crippen LogP contribution in [0.5, 0.6) is 0 Å². The molecule has 0 aliphatic carbocycles. The molecule has 14 aromatic carbocycles. The molecule has 18 aromatic rings. The molecule has 0 radical (unpaired) electrons. The highest BCUT2D eigenvalue weighted by Gasteiger charge is 2.21. The van der Waals surface area contributed by atoms with Gasteiger partial charge in [-0.25, -0.2) is 29.9 Å². The molecule has 0 atom stereocenters. The van der Waals surface area contributed by atoms with Crippen molar-refractivity contribution < 1.29 is 10.0 Å². The summed E-state index contributed by atoms with van der Waals surface area (Å²) in [5.41, 5.74) is 15.2. The van der Waals surface area contributed by atoms with Gasteiger partial charge in [0.25, 0.3) is 0 Å². The highest BCUT2D eigenvalue weighted by atomic mass is 79.9. The summed E-state index contributed by atoms with van der Waals surface area (Å²) in [5.74, 6) is 3.54. The van der Waals surface area contributed by atoms with E-state index in [9.17, 15) is 10.0 Å². The molecule has 12 heteroatoms. The molecule has 0 unspecified atom stereocenters. The lowest BCUT2D eigenvalue weighted by Gasteiger charge is -2.13. The fraction of sp³-hybridized carbons (Fsp3) is 0. The zero-order valence-electron chi connectivity index (χ0n) is 52.8. The molecule has 4 heterocycles. The van der Waals surface area contributed by atoms with Gasteiger partial charge in [0.2, 0.25) is 0 Å². The smallest absolute Gasteiger partial charge is 0.423 e. The topological polar surface area (TPSA) is 128 Å². The Morgan fingerprint density at radius 2 is 0.571 bits per heavy atom. The van der Waals surface area contributed by atoms with Crippen LogP contribution in [0.15, 0.2) is 344 Å². The quantitative estimate of drug-likeness (QED) is 0.130. The summed E-state index contributed by atoms with van der Waals surface area (Å²) >= 11 is 3.57. The van der Waals surface area contributed by atoms with E-state index in [2.05, 4.69) is 201 Å². The van der Waals surface area contributed by atoms with E-state index in [1.54, 1.807) is 6.07 Å². The number of benzene rings is 14. The van der Waals surface area contributed by atoms with E-state index in [1.807, 2.05) is 158 Å². The van der Waals surface area contributed by atoms with Crippen LogP contribution in [0.4, 0.5) is 0 Å². The van der Waals surface area contributed by atoms with Crippen molar-refractivity contribution in [2.45, 2.75) is 0 Å². The first-order valence-electron chi connectivity index (χ1n) is 32.3. The SMILES string of the molecule is Brc1ccc2c(c1)c1ccccc1n2-c1ccccc1.OB(O)c1cc(-c2nc(-c3ccccc3)nc(-c3ccccc3)n2)cc2ccccc12.c1ccc(-c2nc(-c3ccccc3)nc(-c3cc(-c4ccc5c(c4)c4ccccc4n5-c4ccccc4)c4ccccc4c3)n2)cc1. The minimum absolute atomic E-state index is 0.413. The zero-order chi connectivity index (χ0) is 65.9. The van der Waals surface area contributed by atoms with Crippen LogP contribution in [-0.4, -0.2) is 56.2 Å². The largest absolute Gasteiger partial charge is 0.489 e. The first kappa shape index (κ1) is 60.6. The molecule has 10 nitrogen and oxygen atoms in total. The monoisotopic (exact) mass is 1320 g/mol. The van der Waals surface area contributed by atoms with Crippen molar-refractivity contribution in [3.05, 3.63) is 344 Å². The normalized spacial score (nSPS) is 11.2. The van der Waals surface area contributed by atoms with E-state index in [0.29, 0.717) is 46.0 Å². The Bertz CT molecular complexity index is 5810. The maximum absolute atomic E-state index is 9.96. The fourth-order valence-electron chi connectivity index (χ4n) is 13.0. The van der Waals surface area contributed by atoms with E-state index < -0.39 is 7.12 Å². The summed E-state index contributed by atoms with van der Waals surface area (Å²) in [6.45, 7) is 0. The van der Waals surface area contributed by atoms with Crippen molar-refractivity contribution in [1.82, 2.24) is 39.0 Å². The summed E-state index contributed by atoms with van der Waals surface area (Å²) < 4.78 is 5.78. The third kappa shape index (κ3) is 12.1. The molecular weight excluding hydrogens is 1270 g/mol. The number of aromatic nitrogens is 8. The summed E-state index contributed by atoms with van der Waals surface area (Å²) in [4.78, 5) is 29.1. The van der Waals surface area contributed by atoms with E-state index in [4.69, 9.17) is 29.9 Å². The van der Waals surface area contributed by atoms with Crippen LogP contribution < -0.4 is 5.46 Å². The lowest BCUT2D eigenvalue weighted by atomic mass is 9.76. The van der Waals surface area contributed by atoms with Crippen LogP contribution in [0, 0.1) is 0 Å². The fourth-order valence-corrected chi connectivity index (χ4v) is 13.4. The van der Waals surface area contributed by atoms with Gasteiger partial charge >= 0.3 is 7.12 Å². The molecule has 2 N–H and O–H groups in total. The van der Waals surface area contributed by atoms with Gasteiger partial charge in [-0.3, -0.25) is 0 Å². The maximum atomic E-state index is 9.96. The molecule has 464 valence electrons. The van der Waals surface area contributed by atoms with Crippen LogP contribution in [0.2, 0.25) is 0 Å². The molecule has 18 rings (SSSR count). The maximum Gasteiger partial charge on any atom is 0.489 e. The number of hydrogen-bond acceptors (Lipinski definition) is 8.